The maximum atomic E-state index is 10.8. The van der Waals surface area contributed by atoms with E-state index in [0.29, 0.717) is 11.3 Å². The van der Waals surface area contributed by atoms with Gasteiger partial charge in [-0.05, 0) is 5.56 Å². The van der Waals surface area contributed by atoms with E-state index in [1.54, 1.807) is 31.4 Å². The number of amides is 1. The number of rotatable bonds is 4. The second kappa shape index (κ2) is 4.61. The zero-order valence-corrected chi connectivity index (χ0v) is 8.57. The van der Waals surface area contributed by atoms with E-state index in [4.69, 9.17) is 16.2 Å². The molecule has 15 heavy (non-hydrogen) atoms. The average molecular weight is 206 g/mol. The van der Waals surface area contributed by atoms with Crippen molar-refractivity contribution in [3.63, 3.8) is 0 Å². The molecule has 80 valence electrons. The van der Waals surface area contributed by atoms with Gasteiger partial charge in [-0.1, -0.05) is 30.8 Å². The molecule has 0 unspecified atom stereocenters. The number of hydrogen-bond acceptors (Lipinski definition) is 3. The van der Waals surface area contributed by atoms with Gasteiger partial charge in [0.2, 0.25) is 5.91 Å². The number of carbonyl (C=O) groups is 1. The van der Waals surface area contributed by atoms with Crippen LogP contribution in [0.3, 0.4) is 0 Å². The fourth-order valence-corrected chi connectivity index (χ4v) is 1.16. The fraction of sp³-hybridized carbons (Fsp3) is 0.182. The lowest BCUT2D eigenvalue weighted by Crippen LogP contribution is -2.28. The van der Waals surface area contributed by atoms with Crippen LogP contribution in [0.4, 0.5) is 0 Å². The lowest BCUT2D eigenvalue weighted by molar-refractivity contribution is -0.119. The summed E-state index contributed by atoms with van der Waals surface area (Å²) in [6.07, 6.45) is 0. The van der Waals surface area contributed by atoms with E-state index in [9.17, 15) is 4.79 Å². The minimum atomic E-state index is -0.769. The molecule has 0 fully saturated rings. The number of hydrogen-bond donors (Lipinski definition) is 2. The summed E-state index contributed by atoms with van der Waals surface area (Å²) < 4.78 is 4.97. The van der Waals surface area contributed by atoms with Crippen LogP contribution in [0.15, 0.2) is 30.8 Å². The molecule has 4 N–H and O–H groups in total. The van der Waals surface area contributed by atoms with E-state index in [0.717, 1.165) is 5.56 Å². The summed E-state index contributed by atoms with van der Waals surface area (Å²) in [5.74, 6) is 0.0162. The topological polar surface area (TPSA) is 78.3 Å². The quantitative estimate of drug-likeness (QED) is 0.715. The Hall–Kier alpha value is -1.81. The van der Waals surface area contributed by atoms with Crippen molar-refractivity contribution in [1.29, 1.82) is 0 Å². The van der Waals surface area contributed by atoms with E-state index in [1.807, 2.05) is 0 Å². The minimum Gasteiger partial charge on any atom is -0.497 e. The minimum absolute atomic E-state index is 0.548. The van der Waals surface area contributed by atoms with E-state index in [1.165, 1.54) is 0 Å². The SMILES string of the molecule is C=C(OC)c1ccc([C@@H](N)C(N)=O)cc1. The van der Waals surface area contributed by atoms with Gasteiger partial charge in [0.15, 0.2) is 0 Å². The third-order valence-corrected chi connectivity index (χ3v) is 2.14. The Balaban J connectivity index is 2.90. The standard InChI is InChI=1S/C11H14N2O2/c1-7(15-2)8-3-5-9(6-4-8)10(12)11(13)14/h3-6,10H,1,12H2,2H3,(H2,13,14)/t10-/m1/s1. The molecule has 0 saturated heterocycles. The molecule has 0 radical (unpaired) electrons. The Labute approximate surface area is 88.5 Å². The van der Waals surface area contributed by atoms with Gasteiger partial charge in [0.05, 0.1) is 7.11 Å². The first-order valence-corrected chi connectivity index (χ1v) is 4.44. The molecule has 0 aliphatic rings. The van der Waals surface area contributed by atoms with Crippen molar-refractivity contribution in [3.05, 3.63) is 42.0 Å². The Morgan fingerprint density at radius 1 is 1.40 bits per heavy atom. The highest BCUT2D eigenvalue weighted by molar-refractivity contribution is 5.81. The van der Waals surface area contributed by atoms with Crippen molar-refractivity contribution in [2.75, 3.05) is 7.11 Å². The number of benzene rings is 1. The van der Waals surface area contributed by atoms with E-state index >= 15 is 0 Å². The highest BCUT2D eigenvalue weighted by Crippen LogP contribution is 2.16. The van der Waals surface area contributed by atoms with Crippen molar-refractivity contribution in [1.82, 2.24) is 0 Å². The molecule has 1 aromatic rings. The first kappa shape index (κ1) is 11.3. The van der Waals surface area contributed by atoms with E-state index < -0.39 is 11.9 Å². The molecule has 1 atom stereocenters. The number of methoxy groups -OCH3 is 1. The highest BCUT2D eigenvalue weighted by atomic mass is 16.5. The van der Waals surface area contributed by atoms with Gasteiger partial charge in [-0.2, -0.15) is 0 Å². The zero-order chi connectivity index (χ0) is 11.4. The van der Waals surface area contributed by atoms with Crippen LogP contribution < -0.4 is 11.5 Å². The van der Waals surface area contributed by atoms with Gasteiger partial charge >= 0.3 is 0 Å². The van der Waals surface area contributed by atoms with Gasteiger partial charge in [0, 0.05) is 5.56 Å². The molecule has 1 rings (SSSR count). The van der Waals surface area contributed by atoms with Gasteiger partial charge in [0.25, 0.3) is 0 Å². The summed E-state index contributed by atoms with van der Waals surface area (Å²) in [5, 5.41) is 0. The van der Waals surface area contributed by atoms with Crippen LogP contribution in [-0.4, -0.2) is 13.0 Å². The van der Waals surface area contributed by atoms with Crippen molar-refractivity contribution in [2.45, 2.75) is 6.04 Å². The van der Waals surface area contributed by atoms with E-state index in [-0.39, 0.29) is 0 Å². The molecule has 1 aromatic carbocycles. The van der Waals surface area contributed by atoms with E-state index in [2.05, 4.69) is 6.58 Å². The number of primary amides is 1. The van der Waals surface area contributed by atoms with Crippen molar-refractivity contribution in [2.24, 2.45) is 11.5 Å². The molecule has 0 saturated carbocycles. The maximum absolute atomic E-state index is 10.8. The first-order chi connectivity index (χ1) is 7.06. The Morgan fingerprint density at radius 2 is 1.93 bits per heavy atom. The van der Waals surface area contributed by atoms with Crippen LogP contribution >= 0.6 is 0 Å². The number of nitrogens with two attached hydrogens (primary N) is 2. The summed E-state index contributed by atoms with van der Waals surface area (Å²) in [6, 6.07) is 6.26. The van der Waals surface area contributed by atoms with Crippen molar-refractivity contribution < 1.29 is 9.53 Å². The lowest BCUT2D eigenvalue weighted by atomic mass is 10.0. The van der Waals surface area contributed by atoms with Gasteiger partial charge in [-0.3, -0.25) is 4.79 Å². The monoisotopic (exact) mass is 206 g/mol. The molecule has 0 heterocycles. The summed E-state index contributed by atoms with van der Waals surface area (Å²) >= 11 is 0. The van der Waals surface area contributed by atoms with Gasteiger partial charge in [0.1, 0.15) is 11.8 Å². The molecule has 0 spiro atoms. The largest absolute Gasteiger partial charge is 0.497 e. The molecule has 4 heteroatoms. The third-order valence-electron chi connectivity index (χ3n) is 2.14. The number of ether oxygens (including phenoxy) is 1. The second-order valence-electron chi connectivity index (χ2n) is 3.13. The molecular formula is C11H14N2O2. The smallest absolute Gasteiger partial charge is 0.238 e. The van der Waals surface area contributed by atoms with Crippen LogP contribution in [0.2, 0.25) is 0 Å². The second-order valence-corrected chi connectivity index (χ2v) is 3.13. The van der Waals surface area contributed by atoms with Crippen LogP contribution in [0.25, 0.3) is 5.76 Å². The van der Waals surface area contributed by atoms with Gasteiger partial charge < -0.3 is 16.2 Å². The van der Waals surface area contributed by atoms with Crippen LogP contribution in [0.5, 0.6) is 0 Å². The predicted octanol–water partition coefficient (Wildman–Crippen LogP) is 0.789. The Kier molecular flexibility index (Phi) is 3.46. The Bertz CT molecular complexity index is 371. The summed E-state index contributed by atoms with van der Waals surface area (Å²) in [5.41, 5.74) is 12.2. The molecule has 0 bridgehead atoms. The maximum Gasteiger partial charge on any atom is 0.238 e. The zero-order valence-electron chi connectivity index (χ0n) is 8.57. The molecular weight excluding hydrogens is 192 g/mol. The molecule has 0 aliphatic heterocycles. The number of carbonyl (C=O) groups excluding carboxylic acids is 1. The van der Waals surface area contributed by atoms with Gasteiger partial charge in [-0.25, -0.2) is 0 Å². The molecule has 0 aliphatic carbocycles. The normalized spacial score (nSPS) is 11.9. The molecule has 1 amide bonds. The summed E-state index contributed by atoms with van der Waals surface area (Å²) in [7, 11) is 1.55. The fourth-order valence-electron chi connectivity index (χ4n) is 1.16. The van der Waals surface area contributed by atoms with Crippen molar-refractivity contribution in [3.8, 4) is 0 Å². The first-order valence-electron chi connectivity index (χ1n) is 4.44. The third kappa shape index (κ3) is 2.57. The lowest BCUT2D eigenvalue weighted by Gasteiger charge is -2.09. The van der Waals surface area contributed by atoms with Crippen LogP contribution in [0.1, 0.15) is 17.2 Å². The van der Waals surface area contributed by atoms with Crippen LogP contribution in [0, 0.1) is 0 Å². The highest BCUT2D eigenvalue weighted by Gasteiger charge is 2.11. The Morgan fingerprint density at radius 3 is 2.33 bits per heavy atom. The van der Waals surface area contributed by atoms with Crippen molar-refractivity contribution >= 4 is 11.7 Å². The summed E-state index contributed by atoms with van der Waals surface area (Å²) in [6.45, 7) is 3.71. The predicted molar refractivity (Wildman–Crippen MR) is 58.6 cm³/mol. The molecule has 0 aromatic heterocycles. The summed E-state index contributed by atoms with van der Waals surface area (Å²) in [4.78, 5) is 10.8. The average Bonchev–Trinajstić information content (AvgIpc) is 2.27. The molecule has 4 nitrogen and oxygen atoms in total. The van der Waals surface area contributed by atoms with Crippen LogP contribution in [-0.2, 0) is 9.53 Å². The van der Waals surface area contributed by atoms with Gasteiger partial charge in [-0.15, -0.1) is 0 Å².